The Kier molecular flexibility index (Phi) is 12.7. The Morgan fingerprint density at radius 1 is 0.920 bits per heavy atom. The molecule has 3 aromatic rings. The molecule has 0 saturated carbocycles. The number of aromatic nitrogens is 1. The van der Waals surface area contributed by atoms with Gasteiger partial charge in [-0.25, -0.2) is 4.79 Å². The molecule has 270 valence electrons. The van der Waals surface area contributed by atoms with Crippen LogP contribution >= 0.6 is 0 Å². The molecule has 1 aromatic heterocycles. The highest BCUT2D eigenvalue weighted by Crippen LogP contribution is 2.28. The van der Waals surface area contributed by atoms with E-state index in [9.17, 15) is 19.2 Å². The zero-order valence-corrected chi connectivity index (χ0v) is 30.5. The first-order chi connectivity index (χ1) is 23.6. The van der Waals surface area contributed by atoms with E-state index in [0.29, 0.717) is 43.3 Å². The molecular formula is C39H53N5O6. The topological polar surface area (TPSA) is 131 Å². The van der Waals surface area contributed by atoms with Crippen LogP contribution in [0.15, 0.2) is 73.1 Å². The maximum Gasteiger partial charge on any atom is 0.408 e. The number of amides is 4. The number of aryl methyl sites for hydroxylation is 1. The highest BCUT2D eigenvalue weighted by Gasteiger charge is 2.35. The van der Waals surface area contributed by atoms with Gasteiger partial charge in [0.1, 0.15) is 29.0 Å². The third-order valence-corrected chi connectivity index (χ3v) is 8.84. The maximum absolute atomic E-state index is 14.0. The van der Waals surface area contributed by atoms with Gasteiger partial charge in [0.2, 0.25) is 17.7 Å². The molecular weight excluding hydrogens is 634 g/mol. The largest absolute Gasteiger partial charge is 0.497 e. The van der Waals surface area contributed by atoms with Crippen LogP contribution in [0.25, 0.3) is 0 Å². The summed E-state index contributed by atoms with van der Waals surface area (Å²) in [5.74, 6) is 0.321. The van der Waals surface area contributed by atoms with Crippen LogP contribution in [-0.2, 0) is 25.5 Å². The highest BCUT2D eigenvalue weighted by molar-refractivity contribution is 5.99. The van der Waals surface area contributed by atoms with Crippen LogP contribution in [-0.4, -0.2) is 70.7 Å². The zero-order chi connectivity index (χ0) is 36.5. The first-order valence-corrected chi connectivity index (χ1v) is 17.4. The molecule has 11 heteroatoms. The van der Waals surface area contributed by atoms with E-state index in [1.54, 1.807) is 60.2 Å². The second-order valence-electron chi connectivity index (χ2n) is 14.7. The van der Waals surface area contributed by atoms with Crippen molar-refractivity contribution in [2.75, 3.05) is 25.5 Å². The molecule has 1 aliphatic heterocycles. The number of likely N-dealkylation sites (tertiary alicyclic amines) is 1. The standard InChI is InChI=1S/C39H53N5O6/c1-27-20-23-43(24-21-27)35(46)33(29-16-18-31(49-7)19-17-29)44-25-22-30(26-44)40-34(45)32(15-11-14-28-12-9-8-10-13-28)41-36(47)39(5,6)42-37(48)50-38(2,3)4/h8-10,12-13,16-19,22,25-27,32-33H,11,14-15,20-21,23-24H2,1-7H3,(H,40,45)(H,41,47)(H,42,48)/t32-,33?/m1/s1. The summed E-state index contributed by atoms with van der Waals surface area (Å²) in [7, 11) is 1.60. The minimum atomic E-state index is -1.36. The Morgan fingerprint density at radius 3 is 2.20 bits per heavy atom. The molecule has 4 amide bonds. The summed E-state index contributed by atoms with van der Waals surface area (Å²) in [6.45, 7) is 11.9. The molecule has 0 spiro atoms. The number of piperidine rings is 1. The van der Waals surface area contributed by atoms with Crippen molar-refractivity contribution in [3.8, 4) is 5.75 Å². The minimum absolute atomic E-state index is 0.0127. The second-order valence-corrected chi connectivity index (χ2v) is 14.7. The average molecular weight is 688 g/mol. The fourth-order valence-corrected chi connectivity index (χ4v) is 5.89. The average Bonchev–Trinajstić information content (AvgIpc) is 3.51. The number of methoxy groups -OCH3 is 1. The Balaban J connectivity index is 1.53. The number of anilines is 1. The summed E-state index contributed by atoms with van der Waals surface area (Å²) >= 11 is 0. The van der Waals surface area contributed by atoms with Crippen molar-refractivity contribution in [1.29, 1.82) is 0 Å². The van der Waals surface area contributed by atoms with Crippen LogP contribution in [0.3, 0.4) is 0 Å². The summed E-state index contributed by atoms with van der Waals surface area (Å²) in [5.41, 5.74) is 0.313. The normalized spacial score (nSPS) is 15.1. The van der Waals surface area contributed by atoms with Crippen molar-refractivity contribution in [2.45, 2.75) is 96.9 Å². The molecule has 0 bridgehead atoms. The summed E-state index contributed by atoms with van der Waals surface area (Å²) < 4.78 is 12.5. The van der Waals surface area contributed by atoms with E-state index in [1.807, 2.05) is 64.1 Å². The van der Waals surface area contributed by atoms with E-state index in [0.717, 1.165) is 30.4 Å². The van der Waals surface area contributed by atoms with Crippen molar-refractivity contribution in [2.24, 2.45) is 5.92 Å². The molecule has 2 aromatic carbocycles. The van der Waals surface area contributed by atoms with Gasteiger partial charge in [-0.3, -0.25) is 14.4 Å². The highest BCUT2D eigenvalue weighted by atomic mass is 16.6. The number of benzene rings is 2. The van der Waals surface area contributed by atoms with Gasteiger partial charge in [0.15, 0.2) is 0 Å². The van der Waals surface area contributed by atoms with Crippen LogP contribution in [0.2, 0.25) is 0 Å². The smallest absolute Gasteiger partial charge is 0.408 e. The molecule has 2 heterocycles. The number of nitrogens with zero attached hydrogens (tertiary/aromatic N) is 2. The van der Waals surface area contributed by atoms with Crippen molar-refractivity contribution in [1.82, 2.24) is 20.1 Å². The van der Waals surface area contributed by atoms with E-state index >= 15 is 0 Å². The number of ether oxygens (including phenoxy) is 2. The van der Waals surface area contributed by atoms with Crippen LogP contribution in [0, 0.1) is 5.92 Å². The lowest BCUT2D eigenvalue weighted by Crippen LogP contribution is -2.58. The first-order valence-electron chi connectivity index (χ1n) is 17.4. The number of hydrogen-bond donors (Lipinski definition) is 3. The van der Waals surface area contributed by atoms with Crippen LogP contribution in [0.1, 0.15) is 84.4 Å². The Bertz CT molecular complexity index is 1590. The van der Waals surface area contributed by atoms with Crippen LogP contribution in [0.5, 0.6) is 5.75 Å². The number of alkyl carbamates (subject to hydrolysis) is 1. The Labute approximate surface area is 296 Å². The lowest BCUT2D eigenvalue weighted by Gasteiger charge is -2.33. The van der Waals surface area contributed by atoms with E-state index < -0.39 is 41.1 Å². The van der Waals surface area contributed by atoms with Crippen molar-refractivity contribution >= 4 is 29.5 Å². The third kappa shape index (κ3) is 10.9. The molecule has 1 unspecified atom stereocenters. The summed E-state index contributed by atoms with van der Waals surface area (Å²) in [4.78, 5) is 55.7. The minimum Gasteiger partial charge on any atom is -0.497 e. The molecule has 4 rings (SSSR count). The number of carbonyl (C=O) groups is 4. The predicted molar refractivity (Wildman–Crippen MR) is 194 cm³/mol. The molecule has 1 aliphatic rings. The van der Waals surface area contributed by atoms with Gasteiger partial charge in [-0.05, 0) is 102 Å². The molecule has 0 aliphatic carbocycles. The van der Waals surface area contributed by atoms with Gasteiger partial charge in [-0.15, -0.1) is 0 Å². The van der Waals surface area contributed by atoms with Gasteiger partial charge < -0.3 is 34.9 Å². The van der Waals surface area contributed by atoms with Gasteiger partial charge in [0.05, 0.1) is 12.8 Å². The van der Waals surface area contributed by atoms with E-state index in [2.05, 4.69) is 22.9 Å². The molecule has 11 nitrogen and oxygen atoms in total. The van der Waals surface area contributed by atoms with Gasteiger partial charge >= 0.3 is 6.09 Å². The molecule has 0 radical (unpaired) electrons. The van der Waals surface area contributed by atoms with E-state index in [-0.39, 0.29) is 5.91 Å². The van der Waals surface area contributed by atoms with Crippen molar-refractivity contribution < 1.29 is 28.7 Å². The molecule has 50 heavy (non-hydrogen) atoms. The molecule has 2 atom stereocenters. The lowest BCUT2D eigenvalue weighted by atomic mass is 9.97. The fourth-order valence-electron chi connectivity index (χ4n) is 5.89. The predicted octanol–water partition coefficient (Wildman–Crippen LogP) is 6.09. The van der Waals surface area contributed by atoms with E-state index in [4.69, 9.17) is 9.47 Å². The number of hydrogen-bond acceptors (Lipinski definition) is 6. The Morgan fingerprint density at radius 2 is 1.58 bits per heavy atom. The van der Waals surface area contributed by atoms with Crippen LogP contribution < -0.4 is 20.7 Å². The summed E-state index contributed by atoms with van der Waals surface area (Å²) in [6.07, 6.45) is 6.41. The maximum atomic E-state index is 14.0. The quantitative estimate of drug-likeness (QED) is 0.199. The molecule has 1 saturated heterocycles. The van der Waals surface area contributed by atoms with Gasteiger partial charge in [-0.1, -0.05) is 49.4 Å². The van der Waals surface area contributed by atoms with Gasteiger partial charge in [0.25, 0.3) is 0 Å². The first kappa shape index (κ1) is 38.0. The van der Waals surface area contributed by atoms with Crippen molar-refractivity contribution in [3.63, 3.8) is 0 Å². The number of carbonyl (C=O) groups excluding carboxylic acids is 4. The van der Waals surface area contributed by atoms with Gasteiger partial charge in [-0.2, -0.15) is 0 Å². The number of nitrogens with one attached hydrogen (secondary N) is 3. The lowest BCUT2D eigenvalue weighted by molar-refractivity contribution is -0.135. The second kappa shape index (κ2) is 16.7. The van der Waals surface area contributed by atoms with E-state index in [1.165, 1.54) is 0 Å². The molecule has 1 fully saturated rings. The number of rotatable bonds is 13. The third-order valence-electron chi connectivity index (χ3n) is 8.84. The van der Waals surface area contributed by atoms with Crippen LogP contribution in [0.4, 0.5) is 10.5 Å². The molecule has 3 N–H and O–H groups in total. The summed E-state index contributed by atoms with van der Waals surface area (Å²) in [5, 5.41) is 8.43. The monoisotopic (exact) mass is 687 g/mol. The Hall–Kier alpha value is -4.80. The fraction of sp³-hybridized carbons (Fsp3) is 0.487. The zero-order valence-electron chi connectivity index (χ0n) is 30.5. The SMILES string of the molecule is COc1ccc(C(C(=O)N2CCC(C)CC2)n2ccc(NC(=O)[C@@H](CCCc3ccccc3)NC(=O)C(C)(C)NC(=O)OC(C)(C)C)c2)cc1. The van der Waals surface area contributed by atoms with Crippen molar-refractivity contribution in [3.05, 3.63) is 84.2 Å². The summed E-state index contributed by atoms with van der Waals surface area (Å²) in [6, 6.07) is 17.6. The van der Waals surface area contributed by atoms with Gasteiger partial charge in [0, 0.05) is 25.5 Å².